The monoisotopic (exact) mass is 265 g/mol. The van der Waals surface area contributed by atoms with E-state index in [1.807, 2.05) is 18.2 Å². The van der Waals surface area contributed by atoms with Crippen LogP contribution in [0.5, 0.6) is 0 Å². The van der Waals surface area contributed by atoms with E-state index in [0.717, 1.165) is 29.7 Å². The molecule has 1 aliphatic rings. The molecule has 1 aromatic rings. The SMILES string of the molecule is N#Cc1ccc(N2CCC(N)C2)c(Br)c1. The van der Waals surface area contributed by atoms with Gasteiger partial charge in [0.1, 0.15) is 0 Å². The predicted octanol–water partition coefficient (Wildman–Crippen LogP) is 1.86. The fourth-order valence-electron chi connectivity index (χ4n) is 1.84. The Balaban J connectivity index is 2.26. The molecule has 0 saturated carbocycles. The Kier molecular flexibility index (Phi) is 2.94. The maximum atomic E-state index is 8.76. The van der Waals surface area contributed by atoms with E-state index < -0.39 is 0 Å². The van der Waals surface area contributed by atoms with Gasteiger partial charge in [-0.2, -0.15) is 5.26 Å². The Morgan fingerprint density at radius 2 is 2.33 bits per heavy atom. The summed E-state index contributed by atoms with van der Waals surface area (Å²) in [4.78, 5) is 2.25. The zero-order valence-corrected chi connectivity index (χ0v) is 9.87. The number of rotatable bonds is 1. The first-order chi connectivity index (χ1) is 7.20. The van der Waals surface area contributed by atoms with Crippen molar-refractivity contribution in [2.75, 3.05) is 18.0 Å². The van der Waals surface area contributed by atoms with Gasteiger partial charge in [-0.1, -0.05) is 0 Å². The average Bonchev–Trinajstić information content (AvgIpc) is 2.64. The molecule has 0 aromatic heterocycles. The van der Waals surface area contributed by atoms with Gasteiger partial charge < -0.3 is 10.6 Å². The molecule has 3 nitrogen and oxygen atoms in total. The molecule has 0 radical (unpaired) electrons. The molecule has 0 bridgehead atoms. The van der Waals surface area contributed by atoms with E-state index in [9.17, 15) is 0 Å². The van der Waals surface area contributed by atoms with E-state index in [0.29, 0.717) is 5.56 Å². The van der Waals surface area contributed by atoms with Crippen molar-refractivity contribution in [3.63, 3.8) is 0 Å². The highest BCUT2D eigenvalue weighted by Crippen LogP contribution is 2.29. The summed E-state index contributed by atoms with van der Waals surface area (Å²) in [6.07, 6.45) is 1.03. The largest absolute Gasteiger partial charge is 0.369 e. The number of benzene rings is 1. The van der Waals surface area contributed by atoms with Crippen molar-refractivity contribution in [1.82, 2.24) is 0 Å². The molecular weight excluding hydrogens is 254 g/mol. The van der Waals surface area contributed by atoms with Crippen LogP contribution in [-0.2, 0) is 0 Å². The van der Waals surface area contributed by atoms with Crippen molar-refractivity contribution >= 4 is 21.6 Å². The molecule has 15 heavy (non-hydrogen) atoms. The first-order valence-corrected chi connectivity index (χ1v) is 5.70. The van der Waals surface area contributed by atoms with Gasteiger partial charge in [-0.25, -0.2) is 0 Å². The molecule has 1 unspecified atom stereocenters. The van der Waals surface area contributed by atoms with Gasteiger partial charge in [0.15, 0.2) is 0 Å². The van der Waals surface area contributed by atoms with Crippen LogP contribution in [0.25, 0.3) is 0 Å². The first-order valence-electron chi connectivity index (χ1n) is 4.91. The molecule has 78 valence electrons. The summed E-state index contributed by atoms with van der Waals surface area (Å²) >= 11 is 3.48. The Morgan fingerprint density at radius 3 is 2.87 bits per heavy atom. The van der Waals surface area contributed by atoms with E-state index in [2.05, 4.69) is 26.9 Å². The summed E-state index contributed by atoms with van der Waals surface area (Å²) in [5, 5.41) is 8.76. The third-order valence-electron chi connectivity index (χ3n) is 2.64. The third kappa shape index (κ3) is 2.14. The lowest BCUT2D eigenvalue weighted by Gasteiger charge is -2.19. The van der Waals surface area contributed by atoms with Crippen LogP contribution in [0.15, 0.2) is 22.7 Å². The maximum absolute atomic E-state index is 8.76. The van der Waals surface area contributed by atoms with E-state index in [1.54, 1.807) is 0 Å². The molecule has 1 heterocycles. The van der Waals surface area contributed by atoms with Gasteiger partial charge in [0.05, 0.1) is 17.3 Å². The Labute approximate surface area is 97.6 Å². The van der Waals surface area contributed by atoms with Crippen LogP contribution < -0.4 is 10.6 Å². The number of hydrogen-bond donors (Lipinski definition) is 1. The van der Waals surface area contributed by atoms with Gasteiger partial charge in [-0.3, -0.25) is 0 Å². The summed E-state index contributed by atoms with van der Waals surface area (Å²) < 4.78 is 0.968. The average molecular weight is 266 g/mol. The molecule has 0 spiro atoms. The van der Waals surface area contributed by atoms with Crippen molar-refractivity contribution in [3.05, 3.63) is 28.2 Å². The van der Waals surface area contributed by atoms with E-state index in [1.165, 1.54) is 0 Å². The minimum atomic E-state index is 0.271. The van der Waals surface area contributed by atoms with Crippen LogP contribution in [0.1, 0.15) is 12.0 Å². The second-order valence-corrected chi connectivity index (χ2v) is 4.63. The van der Waals surface area contributed by atoms with E-state index >= 15 is 0 Å². The number of hydrogen-bond acceptors (Lipinski definition) is 3. The molecule has 0 amide bonds. The summed E-state index contributed by atoms with van der Waals surface area (Å²) in [5.74, 6) is 0. The van der Waals surface area contributed by atoms with Crippen LogP contribution >= 0.6 is 15.9 Å². The van der Waals surface area contributed by atoms with Crippen LogP contribution in [0.2, 0.25) is 0 Å². The molecule has 1 atom stereocenters. The highest BCUT2D eigenvalue weighted by atomic mass is 79.9. The van der Waals surface area contributed by atoms with Crippen molar-refractivity contribution in [1.29, 1.82) is 5.26 Å². The standard InChI is InChI=1S/C11H12BrN3/c12-10-5-8(6-13)1-2-11(10)15-4-3-9(14)7-15/h1-2,5,9H,3-4,7,14H2. The topological polar surface area (TPSA) is 53.0 Å². The lowest BCUT2D eigenvalue weighted by atomic mass is 10.2. The molecule has 1 aliphatic heterocycles. The molecule has 1 fully saturated rings. The van der Waals surface area contributed by atoms with Gasteiger partial charge >= 0.3 is 0 Å². The normalized spacial score (nSPS) is 20.3. The van der Waals surface area contributed by atoms with Crippen LogP contribution in [0, 0.1) is 11.3 Å². The Morgan fingerprint density at radius 1 is 1.53 bits per heavy atom. The van der Waals surface area contributed by atoms with Gasteiger partial charge in [0.2, 0.25) is 0 Å². The summed E-state index contributed by atoms with van der Waals surface area (Å²) in [5.41, 5.74) is 7.66. The van der Waals surface area contributed by atoms with Gasteiger partial charge in [-0.05, 0) is 40.5 Å². The van der Waals surface area contributed by atoms with Gasteiger partial charge in [-0.15, -0.1) is 0 Å². The molecule has 1 saturated heterocycles. The maximum Gasteiger partial charge on any atom is 0.0992 e. The number of halogens is 1. The highest BCUT2D eigenvalue weighted by molar-refractivity contribution is 9.10. The minimum absolute atomic E-state index is 0.271. The number of nitrogens with two attached hydrogens (primary N) is 1. The molecule has 4 heteroatoms. The summed E-state index contributed by atoms with van der Waals surface area (Å²) in [6.45, 7) is 1.89. The van der Waals surface area contributed by atoms with E-state index in [-0.39, 0.29) is 6.04 Å². The Hall–Kier alpha value is -1.05. The van der Waals surface area contributed by atoms with Gasteiger partial charge in [0.25, 0.3) is 0 Å². The first kappa shape index (κ1) is 10.5. The molecule has 2 N–H and O–H groups in total. The lowest BCUT2D eigenvalue weighted by Crippen LogP contribution is -2.26. The minimum Gasteiger partial charge on any atom is -0.369 e. The number of nitriles is 1. The van der Waals surface area contributed by atoms with Crippen LogP contribution in [-0.4, -0.2) is 19.1 Å². The predicted molar refractivity (Wildman–Crippen MR) is 63.7 cm³/mol. The lowest BCUT2D eigenvalue weighted by molar-refractivity contribution is 0.752. The fourth-order valence-corrected chi connectivity index (χ4v) is 2.47. The highest BCUT2D eigenvalue weighted by Gasteiger charge is 2.20. The van der Waals surface area contributed by atoms with Crippen molar-refractivity contribution in [2.45, 2.75) is 12.5 Å². The summed E-state index contributed by atoms with van der Waals surface area (Å²) in [6, 6.07) is 8.05. The smallest absolute Gasteiger partial charge is 0.0992 e. The zero-order valence-electron chi connectivity index (χ0n) is 8.28. The molecule has 1 aromatic carbocycles. The van der Waals surface area contributed by atoms with Gasteiger partial charge in [0, 0.05) is 23.6 Å². The number of nitrogens with zero attached hydrogens (tertiary/aromatic N) is 2. The zero-order chi connectivity index (χ0) is 10.8. The molecular formula is C11H12BrN3. The third-order valence-corrected chi connectivity index (χ3v) is 3.28. The second kappa shape index (κ2) is 4.21. The molecule has 0 aliphatic carbocycles. The fraction of sp³-hybridized carbons (Fsp3) is 0.364. The van der Waals surface area contributed by atoms with Crippen molar-refractivity contribution < 1.29 is 0 Å². The van der Waals surface area contributed by atoms with Crippen LogP contribution in [0.3, 0.4) is 0 Å². The Bertz CT molecular complexity index is 411. The van der Waals surface area contributed by atoms with E-state index in [4.69, 9.17) is 11.0 Å². The van der Waals surface area contributed by atoms with Crippen molar-refractivity contribution in [2.24, 2.45) is 5.73 Å². The molecule has 2 rings (SSSR count). The summed E-state index contributed by atoms with van der Waals surface area (Å²) in [7, 11) is 0. The second-order valence-electron chi connectivity index (χ2n) is 3.77. The van der Waals surface area contributed by atoms with Crippen LogP contribution in [0.4, 0.5) is 5.69 Å². The van der Waals surface area contributed by atoms with Crippen molar-refractivity contribution in [3.8, 4) is 6.07 Å². The number of anilines is 1. The quantitative estimate of drug-likeness (QED) is 0.844.